The first kappa shape index (κ1) is 23.8. The number of carboxylic acids is 1. The molecule has 1 unspecified atom stereocenters. The molecule has 0 fully saturated rings. The van der Waals surface area contributed by atoms with Crippen molar-refractivity contribution in [2.24, 2.45) is 7.05 Å². The number of hydrogen-bond acceptors (Lipinski definition) is 3. The molecule has 0 bridgehead atoms. The number of benzene rings is 2. The van der Waals surface area contributed by atoms with Crippen LogP contribution >= 0.6 is 0 Å². The largest absolute Gasteiger partial charge is 0.481 e. The molecule has 0 saturated heterocycles. The van der Waals surface area contributed by atoms with Crippen LogP contribution in [0.3, 0.4) is 0 Å². The van der Waals surface area contributed by atoms with E-state index in [1.165, 1.54) is 0 Å². The Morgan fingerprint density at radius 1 is 1.00 bits per heavy atom. The molecule has 6 nitrogen and oxygen atoms in total. The number of carboxylic acid groups (broad SMARTS) is 1. The highest BCUT2D eigenvalue weighted by molar-refractivity contribution is 5.89. The molecule has 1 atom stereocenters. The minimum atomic E-state index is -1.22. The topological polar surface area (TPSA) is 72.4 Å². The highest BCUT2D eigenvalue weighted by atomic mass is 16.4. The van der Waals surface area contributed by atoms with Crippen molar-refractivity contribution >= 4 is 22.5 Å². The Hall–Kier alpha value is -3.93. The molecule has 36 heavy (non-hydrogen) atoms. The Morgan fingerprint density at radius 2 is 1.72 bits per heavy atom. The summed E-state index contributed by atoms with van der Waals surface area (Å²) in [5.74, 6) is -0.888. The Labute approximate surface area is 211 Å². The van der Waals surface area contributed by atoms with Crippen LogP contribution < -0.4 is 0 Å². The second-order valence-electron chi connectivity index (χ2n) is 11.0. The molecule has 0 saturated carbocycles. The molecule has 0 spiro atoms. The van der Waals surface area contributed by atoms with Crippen LogP contribution in [0.15, 0.2) is 66.9 Å². The Bertz CT molecular complexity index is 1610. The van der Waals surface area contributed by atoms with E-state index < -0.39 is 11.4 Å². The van der Waals surface area contributed by atoms with Crippen molar-refractivity contribution in [2.45, 2.75) is 51.9 Å². The van der Waals surface area contributed by atoms with Crippen molar-refractivity contribution < 1.29 is 9.90 Å². The van der Waals surface area contributed by atoms with Gasteiger partial charge in [0.15, 0.2) is 5.65 Å². The van der Waals surface area contributed by atoms with Crippen LogP contribution in [0.1, 0.15) is 50.2 Å². The number of aromatic nitrogens is 4. The number of aliphatic carboxylic acids is 1. The van der Waals surface area contributed by atoms with Crippen LogP contribution in [0.5, 0.6) is 0 Å². The fourth-order valence-electron chi connectivity index (χ4n) is 5.12. The average Bonchev–Trinajstić information content (AvgIpc) is 3.42. The number of rotatable bonds is 5. The second-order valence-corrected chi connectivity index (χ2v) is 11.0. The zero-order chi connectivity index (χ0) is 25.8. The van der Waals surface area contributed by atoms with Gasteiger partial charge in [-0.1, -0.05) is 57.2 Å². The van der Waals surface area contributed by atoms with Crippen LogP contribution in [-0.2, 0) is 29.1 Å². The summed E-state index contributed by atoms with van der Waals surface area (Å²) in [6.45, 7) is 10.1. The standard InChI is InChI=1S/C30H32N4O2/c1-19-26(30(5,28(35)36)18-20-10-8-7-9-11-20)27(22-12-13-23-21(16-22)14-15-33(23)6)34-25(31-19)17-24(32-34)29(2,3)4/h7-17H,18H2,1-6H3,(H,35,36). The average molecular weight is 481 g/mol. The zero-order valence-corrected chi connectivity index (χ0v) is 21.7. The minimum Gasteiger partial charge on any atom is -0.481 e. The first-order valence-electron chi connectivity index (χ1n) is 12.2. The van der Waals surface area contributed by atoms with Gasteiger partial charge >= 0.3 is 5.97 Å². The molecule has 184 valence electrons. The number of hydrogen-bond donors (Lipinski definition) is 1. The number of nitrogens with zero attached hydrogens (tertiary/aromatic N) is 4. The normalized spacial score (nSPS) is 13.8. The van der Waals surface area contributed by atoms with E-state index in [4.69, 9.17) is 10.1 Å². The van der Waals surface area contributed by atoms with Gasteiger partial charge in [-0.3, -0.25) is 4.79 Å². The summed E-state index contributed by atoms with van der Waals surface area (Å²) in [6.07, 6.45) is 2.37. The fourth-order valence-corrected chi connectivity index (χ4v) is 5.12. The van der Waals surface area contributed by atoms with Gasteiger partial charge in [0.05, 0.1) is 16.8 Å². The van der Waals surface area contributed by atoms with E-state index in [0.29, 0.717) is 17.7 Å². The van der Waals surface area contributed by atoms with Gasteiger partial charge in [0.25, 0.3) is 0 Å². The van der Waals surface area contributed by atoms with Crippen LogP contribution in [-0.4, -0.2) is 30.2 Å². The molecule has 0 radical (unpaired) electrons. The molecule has 0 amide bonds. The van der Waals surface area contributed by atoms with E-state index in [9.17, 15) is 9.90 Å². The summed E-state index contributed by atoms with van der Waals surface area (Å²) in [4.78, 5) is 17.9. The lowest BCUT2D eigenvalue weighted by Crippen LogP contribution is -2.37. The third kappa shape index (κ3) is 3.87. The maximum Gasteiger partial charge on any atom is 0.314 e. The van der Waals surface area contributed by atoms with Gasteiger partial charge in [0, 0.05) is 52.4 Å². The molecule has 5 rings (SSSR count). The van der Waals surface area contributed by atoms with E-state index in [2.05, 4.69) is 49.6 Å². The van der Waals surface area contributed by atoms with Crippen LogP contribution in [0, 0.1) is 6.92 Å². The van der Waals surface area contributed by atoms with Crippen molar-refractivity contribution in [1.82, 2.24) is 19.2 Å². The Morgan fingerprint density at radius 3 is 2.39 bits per heavy atom. The van der Waals surface area contributed by atoms with E-state index in [1.807, 2.05) is 61.1 Å². The number of aryl methyl sites for hydroxylation is 2. The molecule has 0 aliphatic heterocycles. The molecule has 6 heteroatoms. The molecular weight excluding hydrogens is 448 g/mol. The zero-order valence-electron chi connectivity index (χ0n) is 21.7. The molecular formula is C30H32N4O2. The monoisotopic (exact) mass is 480 g/mol. The van der Waals surface area contributed by atoms with Crippen molar-refractivity contribution in [1.29, 1.82) is 0 Å². The predicted octanol–water partition coefficient (Wildman–Crippen LogP) is 6.08. The van der Waals surface area contributed by atoms with Crippen LogP contribution in [0.25, 0.3) is 27.8 Å². The van der Waals surface area contributed by atoms with Crippen molar-refractivity contribution in [3.8, 4) is 11.3 Å². The fraction of sp³-hybridized carbons (Fsp3) is 0.300. The highest BCUT2D eigenvalue weighted by Gasteiger charge is 2.41. The maximum atomic E-state index is 13.0. The summed E-state index contributed by atoms with van der Waals surface area (Å²) in [5, 5.41) is 16.7. The molecule has 0 aliphatic rings. The van der Waals surface area contributed by atoms with Crippen molar-refractivity contribution in [2.75, 3.05) is 0 Å². The van der Waals surface area contributed by atoms with Gasteiger partial charge in [-0.25, -0.2) is 9.50 Å². The van der Waals surface area contributed by atoms with Gasteiger partial charge in [-0.15, -0.1) is 0 Å². The van der Waals surface area contributed by atoms with Gasteiger partial charge < -0.3 is 9.67 Å². The molecule has 3 aromatic heterocycles. The predicted molar refractivity (Wildman–Crippen MR) is 143 cm³/mol. The van der Waals surface area contributed by atoms with Gasteiger partial charge in [-0.05, 0) is 44.0 Å². The third-order valence-corrected chi connectivity index (χ3v) is 7.13. The van der Waals surface area contributed by atoms with Crippen LogP contribution in [0.4, 0.5) is 0 Å². The van der Waals surface area contributed by atoms with E-state index >= 15 is 0 Å². The summed E-state index contributed by atoms with van der Waals surface area (Å²) >= 11 is 0. The minimum absolute atomic E-state index is 0.178. The van der Waals surface area contributed by atoms with Crippen LogP contribution in [0.2, 0.25) is 0 Å². The van der Waals surface area contributed by atoms with E-state index in [0.717, 1.165) is 39.1 Å². The van der Waals surface area contributed by atoms with Gasteiger partial charge in [0.1, 0.15) is 0 Å². The third-order valence-electron chi connectivity index (χ3n) is 7.13. The SMILES string of the molecule is Cc1nc2cc(C(C)(C)C)nn2c(-c2ccc3c(ccn3C)c2)c1C(C)(Cc1ccccc1)C(=O)O. The summed E-state index contributed by atoms with van der Waals surface area (Å²) in [7, 11) is 2.02. The molecule has 5 aromatic rings. The molecule has 0 aliphatic carbocycles. The molecule has 2 aromatic carbocycles. The van der Waals surface area contributed by atoms with E-state index in [-0.39, 0.29) is 5.41 Å². The van der Waals surface area contributed by atoms with Crippen molar-refractivity contribution in [3.63, 3.8) is 0 Å². The highest BCUT2D eigenvalue weighted by Crippen LogP contribution is 2.40. The lowest BCUT2D eigenvalue weighted by molar-refractivity contribution is -0.143. The second kappa shape index (κ2) is 8.33. The number of carbonyl (C=O) groups is 1. The maximum absolute atomic E-state index is 13.0. The first-order valence-corrected chi connectivity index (χ1v) is 12.2. The lowest BCUT2D eigenvalue weighted by atomic mass is 9.74. The Balaban J connectivity index is 1.86. The summed E-state index contributed by atoms with van der Waals surface area (Å²) in [5.41, 5.74) is 5.39. The van der Waals surface area contributed by atoms with Gasteiger partial charge in [0.2, 0.25) is 0 Å². The quantitative estimate of drug-likeness (QED) is 0.331. The summed E-state index contributed by atoms with van der Waals surface area (Å²) in [6, 6.07) is 20.1. The van der Waals surface area contributed by atoms with E-state index in [1.54, 1.807) is 6.92 Å². The Kier molecular flexibility index (Phi) is 5.51. The van der Waals surface area contributed by atoms with Gasteiger partial charge in [-0.2, -0.15) is 5.10 Å². The summed E-state index contributed by atoms with van der Waals surface area (Å²) < 4.78 is 3.93. The smallest absolute Gasteiger partial charge is 0.314 e. The number of fused-ring (bicyclic) bond motifs is 2. The first-order chi connectivity index (χ1) is 17.0. The molecule has 1 N–H and O–H groups in total. The lowest BCUT2D eigenvalue weighted by Gasteiger charge is -2.29. The van der Waals surface area contributed by atoms with Crippen molar-refractivity contribution in [3.05, 3.63) is 89.4 Å². The molecule has 3 heterocycles.